The molecule has 84 valence electrons. The van der Waals surface area contributed by atoms with E-state index >= 15 is 0 Å². The highest BCUT2D eigenvalue weighted by Gasteiger charge is 2.18. The van der Waals surface area contributed by atoms with Crippen LogP contribution in [0.2, 0.25) is 0 Å². The minimum absolute atomic E-state index is 0.0954. The van der Waals surface area contributed by atoms with E-state index in [0.29, 0.717) is 5.76 Å². The lowest BCUT2D eigenvalue weighted by atomic mass is 10.0. The van der Waals surface area contributed by atoms with Crippen LogP contribution in [0.4, 0.5) is 8.78 Å². The molecule has 1 aromatic carbocycles. The molecule has 0 saturated heterocycles. The first kappa shape index (κ1) is 10.8. The lowest BCUT2D eigenvalue weighted by Gasteiger charge is -2.11. The zero-order chi connectivity index (χ0) is 11.7. The molecule has 0 aliphatic heterocycles. The monoisotopic (exact) mass is 223 g/mol. The van der Waals surface area contributed by atoms with Crippen molar-refractivity contribution in [2.45, 2.75) is 13.0 Å². The first-order valence-corrected chi connectivity index (χ1v) is 4.84. The smallest absolute Gasteiger partial charge is 0.128 e. The SMILES string of the molecule is Cc1ccoc1C(N)c1cc(F)ccc1F. The molecule has 2 rings (SSSR count). The standard InChI is InChI=1S/C12H11F2NO/c1-7-4-5-16-12(7)11(15)9-6-8(13)2-3-10(9)14/h2-6,11H,15H2,1H3. The number of hydrogen-bond acceptors (Lipinski definition) is 2. The molecule has 2 nitrogen and oxygen atoms in total. The second-order valence-electron chi connectivity index (χ2n) is 3.61. The topological polar surface area (TPSA) is 39.2 Å². The lowest BCUT2D eigenvalue weighted by Crippen LogP contribution is -2.14. The molecule has 0 saturated carbocycles. The van der Waals surface area contributed by atoms with Crippen molar-refractivity contribution in [2.75, 3.05) is 0 Å². The molecule has 0 bridgehead atoms. The Bertz CT molecular complexity index is 507. The fourth-order valence-corrected chi connectivity index (χ4v) is 1.60. The molecule has 1 atom stereocenters. The van der Waals surface area contributed by atoms with Gasteiger partial charge in [0.25, 0.3) is 0 Å². The Balaban J connectivity index is 2.45. The number of furan rings is 1. The van der Waals surface area contributed by atoms with Crippen LogP contribution in [0.15, 0.2) is 34.9 Å². The van der Waals surface area contributed by atoms with E-state index < -0.39 is 17.7 Å². The first-order chi connectivity index (χ1) is 7.59. The maximum Gasteiger partial charge on any atom is 0.128 e. The number of halogens is 2. The molecule has 0 radical (unpaired) electrons. The average Bonchev–Trinajstić information content (AvgIpc) is 2.67. The van der Waals surface area contributed by atoms with Crippen molar-refractivity contribution in [1.29, 1.82) is 0 Å². The summed E-state index contributed by atoms with van der Waals surface area (Å²) >= 11 is 0. The van der Waals surface area contributed by atoms with Crippen molar-refractivity contribution in [3.05, 3.63) is 59.1 Å². The Morgan fingerprint density at radius 1 is 1.25 bits per heavy atom. The minimum Gasteiger partial charge on any atom is -0.467 e. The fraction of sp³-hybridized carbons (Fsp3) is 0.167. The van der Waals surface area contributed by atoms with Crippen LogP contribution in [-0.4, -0.2) is 0 Å². The van der Waals surface area contributed by atoms with Crippen molar-refractivity contribution < 1.29 is 13.2 Å². The summed E-state index contributed by atoms with van der Waals surface area (Å²) in [4.78, 5) is 0. The average molecular weight is 223 g/mol. The normalized spacial score (nSPS) is 12.8. The van der Waals surface area contributed by atoms with E-state index in [9.17, 15) is 8.78 Å². The van der Waals surface area contributed by atoms with E-state index in [1.807, 2.05) is 0 Å². The Labute approximate surface area is 91.7 Å². The summed E-state index contributed by atoms with van der Waals surface area (Å²) in [5, 5.41) is 0. The lowest BCUT2D eigenvalue weighted by molar-refractivity contribution is 0.475. The molecular formula is C12H11F2NO. The van der Waals surface area contributed by atoms with Gasteiger partial charge in [-0.1, -0.05) is 0 Å². The van der Waals surface area contributed by atoms with Crippen molar-refractivity contribution in [3.8, 4) is 0 Å². The van der Waals surface area contributed by atoms with Gasteiger partial charge in [0, 0.05) is 5.56 Å². The number of rotatable bonds is 2. The van der Waals surface area contributed by atoms with Gasteiger partial charge in [-0.05, 0) is 36.8 Å². The van der Waals surface area contributed by atoms with E-state index in [4.69, 9.17) is 10.2 Å². The zero-order valence-corrected chi connectivity index (χ0v) is 8.71. The maximum atomic E-state index is 13.5. The molecule has 0 fully saturated rings. The summed E-state index contributed by atoms with van der Waals surface area (Å²) in [6, 6.07) is 4.14. The third kappa shape index (κ3) is 1.84. The number of hydrogen-bond donors (Lipinski definition) is 1. The molecule has 2 N–H and O–H groups in total. The second-order valence-corrected chi connectivity index (χ2v) is 3.61. The van der Waals surface area contributed by atoms with Gasteiger partial charge < -0.3 is 10.2 Å². The third-order valence-corrected chi connectivity index (χ3v) is 2.48. The third-order valence-electron chi connectivity index (χ3n) is 2.48. The molecule has 1 aromatic heterocycles. The van der Waals surface area contributed by atoms with Crippen LogP contribution in [0.1, 0.15) is 22.9 Å². The van der Waals surface area contributed by atoms with Crippen LogP contribution in [-0.2, 0) is 0 Å². The summed E-state index contributed by atoms with van der Waals surface area (Å²) in [6.45, 7) is 1.80. The molecule has 1 unspecified atom stereocenters. The Morgan fingerprint density at radius 2 is 2.00 bits per heavy atom. The van der Waals surface area contributed by atoms with E-state index in [0.717, 1.165) is 23.8 Å². The quantitative estimate of drug-likeness (QED) is 0.850. The van der Waals surface area contributed by atoms with Crippen LogP contribution in [0.3, 0.4) is 0 Å². The summed E-state index contributed by atoms with van der Waals surface area (Å²) in [5.41, 5.74) is 6.74. The van der Waals surface area contributed by atoms with Gasteiger partial charge in [-0.25, -0.2) is 8.78 Å². The Morgan fingerprint density at radius 3 is 2.62 bits per heavy atom. The zero-order valence-electron chi connectivity index (χ0n) is 8.71. The molecule has 0 aliphatic rings. The van der Waals surface area contributed by atoms with E-state index in [1.54, 1.807) is 13.0 Å². The predicted molar refractivity (Wildman–Crippen MR) is 55.8 cm³/mol. The summed E-state index contributed by atoms with van der Waals surface area (Å²) in [5.74, 6) is -0.606. The highest BCUT2D eigenvalue weighted by molar-refractivity contribution is 5.31. The van der Waals surface area contributed by atoms with E-state index in [1.165, 1.54) is 6.26 Å². The molecule has 16 heavy (non-hydrogen) atoms. The van der Waals surface area contributed by atoms with Crippen molar-refractivity contribution >= 4 is 0 Å². The van der Waals surface area contributed by atoms with Crippen molar-refractivity contribution in [2.24, 2.45) is 5.73 Å². The van der Waals surface area contributed by atoms with Crippen LogP contribution >= 0.6 is 0 Å². The van der Waals surface area contributed by atoms with E-state index in [-0.39, 0.29) is 5.56 Å². The van der Waals surface area contributed by atoms with Gasteiger partial charge in [-0.2, -0.15) is 0 Å². The summed E-state index contributed by atoms with van der Waals surface area (Å²) < 4.78 is 31.6. The molecule has 0 spiro atoms. The molecule has 0 aliphatic carbocycles. The Hall–Kier alpha value is -1.68. The van der Waals surface area contributed by atoms with Crippen LogP contribution in [0, 0.1) is 18.6 Å². The van der Waals surface area contributed by atoms with Crippen molar-refractivity contribution in [3.63, 3.8) is 0 Å². The fourth-order valence-electron chi connectivity index (χ4n) is 1.60. The summed E-state index contributed by atoms with van der Waals surface area (Å²) in [7, 11) is 0. The maximum absolute atomic E-state index is 13.5. The molecule has 0 amide bonds. The molecule has 1 heterocycles. The largest absolute Gasteiger partial charge is 0.467 e. The van der Waals surface area contributed by atoms with Gasteiger partial charge in [-0.3, -0.25) is 0 Å². The van der Waals surface area contributed by atoms with Gasteiger partial charge in [0.15, 0.2) is 0 Å². The van der Waals surface area contributed by atoms with Gasteiger partial charge in [-0.15, -0.1) is 0 Å². The van der Waals surface area contributed by atoms with Crippen LogP contribution < -0.4 is 5.73 Å². The second kappa shape index (κ2) is 4.06. The van der Waals surface area contributed by atoms with Crippen LogP contribution in [0.5, 0.6) is 0 Å². The number of aryl methyl sites for hydroxylation is 1. The first-order valence-electron chi connectivity index (χ1n) is 4.84. The highest BCUT2D eigenvalue weighted by Crippen LogP contribution is 2.25. The highest BCUT2D eigenvalue weighted by atomic mass is 19.1. The molecule has 4 heteroatoms. The van der Waals surface area contributed by atoms with Crippen molar-refractivity contribution in [1.82, 2.24) is 0 Å². The minimum atomic E-state index is -0.786. The van der Waals surface area contributed by atoms with E-state index in [2.05, 4.69) is 0 Å². The number of nitrogens with two attached hydrogens (primary N) is 1. The van der Waals surface area contributed by atoms with Gasteiger partial charge >= 0.3 is 0 Å². The predicted octanol–water partition coefficient (Wildman–Crippen LogP) is 2.91. The Kier molecular flexibility index (Phi) is 2.75. The molecular weight excluding hydrogens is 212 g/mol. The number of benzene rings is 1. The van der Waals surface area contributed by atoms with Crippen LogP contribution in [0.25, 0.3) is 0 Å². The molecule has 2 aromatic rings. The van der Waals surface area contributed by atoms with Gasteiger partial charge in [0.05, 0.1) is 12.3 Å². The van der Waals surface area contributed by atoms with Gasteiger partial charge in [0.1, 0.15) is 17.4 Å². The van der Waals surface area contributed by atoms with Gasteiger partial charge in [0.2, 0.25) is 0 Å². The summed E-state index contributed by atoms with van der Waals surface area (Å²) in [6.07, 6.45) is 1.47.